The van der Waals surface area contributed by atoms with Crippen molar-refractivity contribution in [2.24, 2.45) is 17.3 Å². The number of rotatable bonds is 1. The number of ether oxygens (including phenoxy) is 1. The highest BCUT2D eigenvalue weighted by Crippen LogP contribution is 2.51. The van der Waals surface area contributed by atoms with Crippen LogP contribution in [0.1, 0.15) is 59.8 Å². The Hall–Kier alpha value is -0.530. The summed E-state index contributed by atoms with van der Waals surface area (Å²) >= 11 is 0. The number of cyclic esters (lactones) is 1. The predicted octanol–water partition coefficient (Wildman–Crippen LogP) is 3.54. The van der Waals surface area contributed by atoms with E-state index in [2.05, 4.69) is 13.8 Å². The lowest BCUT2D eigenvalue weighted by Gasteiger charge is -2.36. The van der Waals surface area contributed by atoms with Crippen LogP contribution in [0.25, 0.3) is 0 Å². The first-order valence-electron chi connectivity index (χ1n) is 6.58. The molecule has 1 spiro atoms. The molecule has 2 aliphatic rings. The van der Waals surface area contributed by atoms with Crippen LogP contribution >= 0.6 is 0 Å². The molecule has 2 nitrogen and oxygen atoms in total. The molecule has 1 saturated heterocycles. The summed E-state index contributed by atoms with van der Waals surface area (Å²) in [5, 5.41) is 0. The Morgan fingerprint density at radius 2 is 1.81 bits per heavy atom. The SMILES string of the molecule is CC(C)C1CCC2(CC1)CC(C)(C)OC2=O. The molecule has 2 rings (SSSR count). The number of carbonyl (C=O) groups excluding carboxylic acids is 1. The molecule has 0 aromatic heterocycles. The highest BCUT2D eigenvalue weighted by molar-refractivity contribution is 5.79. The van der Waals surface area contributed by atoms with E-state index in [4.69, 9.17) is 4.74 Å². The van der Waals surface area contributed by atoms with Crippen LogP contribution in [0.5, 0.6) is 0 Å². The largest absolute Gasteiger partial charge is 0.459 e. The van der Waals surface area contributed by atoms with Gasteiger partial charge in [0.1, 0.15) is 5.60 Å². The molecule has 1 saturated carbocycles. The van der Waals surface area contributed by atoms with Gasteiger partial charge in [0, 0.05) is 6.42 Å². The van der Waals surface area contributed by atoms with Crippen LogP contribution in [-0.4, -0.2) is 11.6 Å². The third-order valence-corrected chi connectivity index (χ3v) is 4.50. The summed E-state index contributed by atoms with van der Waals surface area (Å²) < 4.78 is 5.50. The molecule has 0 bridgehead atoms. The summed E-state index contributed by atoms with van der Waals surface area (Å²) in [7, 11) is 0. The van der Waals surface area contributed by atoms with Crippen molar-refractivity contribution in [2.75, 3.05) is 0 Å². The lowest BCUT2D eigenvalue weighted by atomic mass is 9.66. The molecular formula is C14H24O2. The van der Waals surface area contributed by atoms with Crippen molar-refractivity contribution in [3.63, 3.8) is 0 Å². The zero-order valence-electron chi connectivity index (χ0n) is 11.0. The molecule has 1 heterocycles. The molecule has 0 aromatic carbocycles. The lowest BCUT2D eigenvalue weighted by molar-refractivity contribution is -0.153. The maximum absolute atomic E-state index is 12.0. The lowest BCUT2D eigenvalue weighted by Crippen LogP contribution is -2.33. The van der Waals surface area contributed by atoms with E-state index in [1.54, 1.807) is 0 Å². The fourth-order valence-electron chi connectivity index (χ4n) is 3.52. The van der Waals surface area contributed by atoms with Gasteiger partial charge in [-0.15, -0.1) is 0 Å². The Morgan fingerprint density at radius 3 is 2.19 bits per heavy atom. The number of hydrogen-bond donors (Lipinski definition) is 0. The van der Waals surface area contributed by atoms with Gasteiger partial charge in [-0.05, 0) is 51.4 Å². The van der Waals surface area contributed by atoms with Crippen molar-refractivity contribution in [2.45, 2.75) is 65.4 Å². The highest BCUT2D eigenvalue weighted by Gasteiger charge is 2.53. The Bertz CT molecular complexity index is 283. The average molecular weight is 224 g/mol. The van der Waals surface area contributed by atoms with Gasteiger partial charge in [0.25, 0.3) is 0 Å². The van der Waals surface area contributed by atoms with Crippen LogP contribution in [0.2, 0.25) is 0 Å². The second kappa shape index (κ2) is 3.75. The van der Waals surface area contributed by atoms with Crippen molar-refractivity contribution in [1.82, 2.24) is 0 Å². The van der Waals surface area contributed by atoms with Crippen LogP contribution < -0.4 is 0 Å². The molecule has 92 valence electrons. The minimum atomic E-state index is -0.234. The second-order valence-corrected chi connectivity index (χ2v) is 6.69. The molecule has 0 amide bonds. The standard InChI is InChI=1S/C14H24O2/c1-10(2)11-5-7-14(8-6-11)9-13(3,4)16-12(14)15/h10-11H,5-9H2,1-4H3. The molecule has 0 unspecified atom stereocenters. The van der Waals surface area contributed by atoms with Crippen LogP contribution in [-0.2, 0) is 9.53 Å². The predicted molar refractivity (Wildman–Crippen MR) is 64.0 cm³/mol. The molecule has 0 aromatic rings. The van der Waals surface area contributed by atoms with Gasteiger partial charge >= 0.3 is 5.97 Å². The first-order chi connectivity index (χ1) is 7.35. The first kappa shape index (κ1) is 11.9. The number of hydrogen-bond acceptors (Lipinski definition) is 2. The first-order valence-corrected chi connectivity index (χ1v) is 6.58. The van der Waals surface area contributed by atoms with E-state index in [1.807, 2.05) is 13.8 Å². The molecule has 1 aliphatic carbocycles. The Labute approximate surface area is 98.7 Å². The van der Waals surface area contributed by atoms with Gasteiger partial charge in [-0.1, -0.05) is 13.8 Å². The van der Waals surface area contributed by atoms with Crippen molar-refractivity contribution < 1.29 is 9.53 Å². The minimum Gasteiger partial charge on any atom is -0.459 e. The van der Waals surface area contributed by atoms with Gasteiger partial charge in [0.2, 0.25) is 0 Å². The van der Waals surface area contributed by atoms with E-state index >= 15 is 0 Å². The third-order valence-electron chi connectivity index (χ3n) is 4.50. The number of esters is 1. The molecule has 1 aliphatic heterocycles. The second-order valence-electron chi connectivity index (χ2n) is 6.69. The van der Waals surface area contributed by atoms with Gasteiger partial charge < -0.3 is 4.74 Å². The summed E-state index contributed by atoms with van der Waals surface area (Å²) in [4.78, 5) is 12.0. The summed E-state index contributed by atoms with van der Waals surface area (Å²) in [6.45, 7) is 8.65. The van der Waals surface area contributed by atoms with Crippen LogP contribution in [0.4, 0.5) is 0 Å². The Balaban J connectivity index is 2.05. The normalized spacial score (nSPS) is 38.1. The summed E-state index contributed by atoms with van der Waals surface area (Å²) in [5.41, 5.74) is -0.364. The van der Waals surface area contributed by atoms with E-state index in [0.717, 1.165) is 31.1 Å². The fraction of sp³-hybridized carbons (Fsp3) is 0.929. The molecule has 2 fully saturated rings. The van der Waals surface area contributed by atoms with Gasteiger partial charge in [0.05, 0.1) is 5.41 Å². The maximum atomic E-state index is 12.0. The monoisotopic (exact) mass is 224 g/mol. The third kappa shape index (κ3) is 1.99. The molecule has 2 heteroatoms. The van der Waals surface area contributed by atoms with E-state index in [0.29, 0.717) is 0 Å². The quantitative estimate of drug-likeness (QED) is 0.637. The minimum absolute atomic E-state index is 0.0692. The zero-order valence-corrected chi connectivity index (χ0v) is 11.0. The van der Waals surface area contributed by atoms with E-state index in [9.17, 15) is 4.79 Å². The van der Waals surface area contributed by atoms with Crippen LogP contribution in [0, 0.1) is 17.3 Å². The zero-order chi connectivity index (χ0) is 12.0. The van der Waals surface area contributed by atoms with Gasteiger partial charge in [-0.2, -0.15) is 0 Å². The molecule has 16 heavy (non-hydrogen) atoms. The van der Waals surface area contributed by atoms with E-state index in [1.165, 1.54) is 12.8 Å². The van der Waals surface area contributed by atoms with Crippen molar-refractivity contribution >= 4 is 5.97 Å². The van der Waals surface area contributed by atoms with Gasteiger partial charge in [-0.25, -0.2) is 0 Å². The highest BCUT2D eigenvalue weighted by atomic mass is 16.6. The molecule has 0 atom stereocenters. The average Bonchev–Trinajstić information content (AvgIpc) is 2.37. The fourth-order valence-corrected chi connectivity index (χ4v) is 3.52. The van der Waals surface area contributed by atoms with Crippen molar-refractivity contribution in [3.05, 3.63) is 0 Å². The van der Waals surface area contributed by atoms with Gasteiger partial charge in [0.15, 0.2) is 0 Å². The van der Waals surface area contributed by atoms with Crippen molar-refractivity contribution in [1.29, 1.82) is 0 Å². The van der Waals surface area contributed by atoms with E-state index < -0.39 is 0 Å². The topological polar surface area (TPSA) is 26.3 Å². The molecule has 0 radical (unpaired) electrons. The van der Waals surface area contributed by atoms with E-state index in [-0.39, 0.29) is 17.0 Å². The van der Waals surface area contributed by atoms with Gasteiger partial charge in [-0.3, -0.25) is 4.79 Å². The molecular weight excluding hydrogens is 200 g/mol. The summed E-state index contributed by atoms with van der Waals surface area (Å²) in [5.74, 6) is 1.63. The number of carbonyl (C=O) groups is 1. The smallest absolute Gasteiger partial charge is 0.312 e. The molecule has 0 N–H and O–H groups in total. The Morgan fingerprint density at radius 1 is 1.25 bits per heavy atom. The Kier molecular flexibility index (Phi) is 2.80. The van der Waals surface area contributed by atoms with Crippen molar-refractivity contribution in [3.8, 4) is 0 Å². The summed E-state index contributed by atoms with van der Waals surface area (Å²) in [6, 6.07) is 0. The van der Waals surface area contributed by atoms with Crippen LogP contribution in [0.15, 0.2) is 0 Å². The maximum Gasteiger partial charge on any atom is 0.312 e. The summed E-state index contributed by atoms with van der Waals surface area (Å²) in [6.07, 6.45) is 5.39. The van der Waals surface area contributed by atoms with Crippen LogP contribution in [0.3, 0.4) is 0 Å².